The minimum Gasteiger partial charge on any atom is -0.383 e. The van der Waals surface area contributed by atoms with Crippen molar-refractivity contribution in [3.63, 3.8) is 0 Å². The molecule has 64 valence electrons. The minimum absolute atomic E-state index is 0.229. The SMILES string of the molecule is C[C@H]1NCc2c(N)nc(N)nc21. The lowest BCUT2D eigenvalue weighted by molar-refractivity contribution is 0.624. The Kier molecular flexibility index (Phi) is 1.41. The van der Waals surface area contributed by atoms with Crippen LogP contribution in [-0.2, 0) is 6.54 Å². The number of aromatic nitrogens is 2. The lowest BCUT2D eigenvalue weighted by atomic mass is 10.2. The largest absolute Gasteiger partial charge is 0.383 e. The predicted molar refractivity (Wildman–Crippen MR) is 46.1 cm³/mol. The summed E-state index contributed by atoms with van der Waals surface area (Å²) in [5.74, 6) is 0.746. The zero-order chi connectivity index (χ0) is 8.72. The molecule has 0 saturated heterocycles. The first-order valence-corrected chi connectivity index (χ1v) is 3.83. The zero-order valence-electron chi connectivity index (χ0n) is 6.83. The third-order valence-electron chi connectivity index (χ3n) is 2.08. The monoisotopic (exact) mass is 165 g/mol. The van der Waals surface area contributed by atoms with E-state index in [0.29, 0.717) is 5.82 Å². The lowest BCUT2D eigenvalue weighted by Crippen LogP contribution is -2.08. The topological polar surface area (TPSA) is 89.8 Å². The maximum Gasteiger partial charge on any atom is 0.222 e. The van der Waals surface area contributed by atoms with Crippen LogP contribution in [0.2, 0.25) is 0 Å². The molecule has 2 heterocycles. The number of nitrogens with zero attached hydrogens (tertiary/aromatic N) is 2. The number of hydrogen-bond acceptors (Lipinski definition) is 5. The highest BCUT2D eigenvalue weighted by molar-refractivity contribution is 5.48. The van der Waals surface area contributed by atoms with E-state index in [9.17, 15) is 0 Å². The Morgan fingerprint density at radius 1 is 1.42 bits per heavy atom. The molecule has 1 aromatic heterocycles. The van der Waals surface area contributed by atoms with Gasteiger partial charge in [0.2, 0.25) is 5.95 Å². The highest BCUT2D eigenvalue weighted by atomic mass is 15.1. The molecule has 0 radical (unpaired) electrons. The molecule has 1 aliphatic rings. The summed E-state index contributed by atoms with van der Waals surface area (Å²) in [7, 11) is 0. The summed E-state index contributed by atoms with van der Waals surface area (Å²) in [4.78, 5) is 8.00. The van der Waals surface area contributed by atoms with Crippen LogP contribution in [0, 0.1) is 0 Å². The standard InChI is InChI=1S/C7H11N5/c1-3-5-4(2-10-3)6(8)12-7(9)11-5/h3,10H,2H2,1H3,(H4,8,9,11,12)/t3-/m1/s1. The molecule has 0 saturated carbocycles. The second kappa shape index (κ2) is 2.31. The summed E-state index contributed by atoms with van der Waals surface area (Å²) in [6.07, 6.45) is 0. The predicted octanol–water partition coefficient (Wildman–Crippen LogP) is -0.195. The first-order chi connectivity index (χ1) is 5.68. The smallest absolute Gasteiger partial charge is 0.222 e. The molecule has 0 aromatic carbocycles. The van der Waals surface area contributed by atoms with Gasteiger partial charge >= 0.3 is 0 Å². The lowest BCUT2D eigenvalue weighted by Gasteiger charge is -2.04. The van der Waals surface area contributed by atoms with Crippen LogP contribution >= 0.6 is 0 Å². The van der Waals surface area contributed by atoms with E-state index in [0.717, 1.165) is 17.8 Å². The van der Waals surface area contributed by atoms with Gasteiger partial charge in [0.1, 0.15) is 5.82 Å². The van der Waals surface area contributed by atoms with Gasteiger partial charge in [-0.2, -0.15) is 4.98 Å². The van der Waals surface area contributed by atoms with Crippen molar-refractivity contribution in [2.24, 2.45) is 0 Å². The molecule has 5 N–H and O–H groups in total. The number of nitrogens with one attached hydrogen (secondary N) is 1. The van der Waals surface area contributed by atoms with E-state index in [4.69, 9.17) is 11.5 Å². The molecule has 1 aliphatic heterocycles. The summed E-state index contributed by atoms with van der Waals surface area (Å²) in [6.45, 7) is 2.76. The first-order valence-electron chi connectivity index (χ1n) is 3.83. The number of rotatable bonds is 0. The molecule has 0 spiro atoms. The minimum atomic E-state index is 0.229. The van der Waals surface area contributed by atoms with Crippen molar-refractivity contribution in [3.05, 3.63) is 11.3 Å². The van der Waals surface area contributed by atoms with Crippen LogP contribution in [0.1, 0.15) is 24.2 Å². The number of hydrogen-bond donors (Lipinski definition) is 3. The van der Waals surface area contributed by atoms with Gasteiger partial charge in [0.15, 0.2) is 0 Å². The van der Waals surface area contributed by atoms with Crippen LogP contribution in [0.4, 0.5) is 11.8 Å². The molecule has 0 bridgehead atoms. The van der Waals surface area contributed by atoms with Gasteiger partial charge in [0.05, 0.1) is 5.69 Å². The summed E-state index contributed by atoms with van der Waals surface area (Å²) in [6, 6.07) is 0.229. The molecule has 5 heteroatoms. The molecule has 0 amide bonds. The van der Waals surface area contributed by atoms with Crippen molar-refractivity contribution >= 4 is 11.8 Å². The Labute approximate surface area is 70.2 Å². The van der Waals surface area contributed by atoms with Crippen LogP contribution < -0.4 is 16.8 Å². The highest BCUT2D eigenvalue weighted by Gasteiger charge is 2.22. The Bertz CT molecular complexity index is 322. The van der Waals surface area contributed by atoms with E-state index in [-0.39, 0.29) is 12.0 Å². The molecule has 2 rings (SSSR count). The Hall–Kier alpha value is -1.36. The number of fused-ring (bicyclic) bond motifs is 1. The summed E-state index contributed by atoms with van der Waals surface area (Å²) in [5.41, 5.74) is 13.0. The van der Waals surface area contributed by atoms with Gasteiger partial charge in [-0.15, -0.1) is 0 Å². The molecule has 0 fully saturated rings. The Balaban J connectivity index is 2.60. The summed E-state index contributed by atoms with van der Waals surface area (Å²) in [5, 5.41) is 3.21. The van der Waals surface area contributed by atoms with Gasteiger partial charge in [0.25, 0.3) is 0 Å². The van der Waals surface area contributed by atoms with Crippen molar-refractivity contribution in [2.75, 3.05) is 11.5 Å². The van der Waals surface area contributed by atoms with Gasteiger partial charge in [0, 0.05) is 18.2 Å². The second-order valence-corrected chi connectivity index (χ2v) is 2.93. The fraction of sp³-hybridized carbons (Fsp3) is 0.429. The van der Waals surface area contributed by atoms with E-state index in [2.05, 4.69) is 15.3 Å². The van der Waals surface area contributed by atoms with Crippen molar-refractivity contribution < 1.29 is 0 Å². The number of nitrogens with two attached hydrogens (primary N) is 2. The van der Waals surface area contributed by atoms with Gasteiger partial charge in [-0.3, -0.25) is 0 Å². The molecule has 1 atom stereocenters. The molecule has 5 nitrogen and oxygen atoms in total. The fourth-order valence-electron chi connectivity index (χ4n) is 1.43. The highest BCUT2D eigenvalue weighted by Crippen LogP contribution is 2.26. The Morgan fingerprint density at radius 3 is 2.92 bits per heavy atom. The van der Waals surface area contributed by atoms with E-state index in [1.54, 1.807) is 0 Å². The number of nitrogen functional groups attached to an aromatic ring is 2. The third-order valence-corrected chi connectivity index (χ3v) is 2.08. The molecule has 0 aliphatic carbocycles. The quantitative estimate of drug-likeness (QED) is 0.495. The summed E-state index contributed by atoms with van der Waals surface area (Å²) >= 11 is 0. The van der Waals surface area contributed by atoms with E-state index >= 15 is 0 Å². The molecule has 0 unspecified atom stereocenters. The van der Waals surface area contributed by atoms with Crippen LogP contribution in [0.5, 0.6) is 0 Å². The zero-order valence-corrected chi connectivity index (χ0v) is 6.83. The van der Waals surface area contributed by atoms with Crippen LogP contribution in [0.15, 0.2) is 0 Å². The molecule has 12 heavy (non-hydrogen) atoms. The summed E-state index contributed by atoms with van der Waals surface area (Å²) < 4.78 is 0. The van der Waals surface area contributed by atoms with E-state index < -0.39 is 0 Å². The van der Waals surface area contributed by atoms with Crippen molar-refractivity contribution in [2.45, 2.75) is 19.5 Å². The van der Waals surface area contributed by atoms with Crippen LogP contribution in [-0.4, -0.2) is 9.97 Å². The van der Waals surface area contributed by atoms with Crippen LogP contribution in [0.3, 0.4) is 0 Å². The normalized spacial score (nSPS) is 20.9. The van der Waals surface area contributed by atoms with Crippen LogP contribution in [0.25, 0.3) is 0 Å². The average molecular weight is 165 g/mol. The van der Waals surface area contributed by atoms with Crippen molar-refractivity contribution in [1.29, 1.82) is 0 Å². The van der Waals surface area contributed by atoms with Gasteiger partial charge in [-0.1, -0.05) is 0 Å². The molecular formula is C7H11N5. The van der Waals surface area contributed by atoms with Gasteiger partial charge in [-0.25, -0.2) is 4.98 Å². The van der Waals surface area contributed by atoms with Crippen molar-refractivity contribution in [1.82, 2.24) is 15.3 Å². The molecule has 1 aromatic rings. The average Bonchev–Trinajstić information content (AvgIpc) is 2.33. The second-order valence-electron chi connectivity index (χ2n) is 2.93. The van der Waals surface area contributed by atoms with E-state index in [1.165, 1.54) is 0 Å². The number of anilines is 2. The van der Waals surface area contributed by atoms with Crippen molar-refractivity contribution in [3.8, 4) is 0 Å². The first kappa shape index (κ1) is 7.30. The maximum atomic E-state index is 5.66. The van der Waals surface area contributed by atoms with Gasteiger partial charge < -0.3 is 16.8 Å². The van der Waals surface area contributed by atoms with Gasteiger partial charge in [-0.05, 0) is 6.92 Å². The third kappa shape index (κ3) is 0.902. The molecular weight excluding hydrogens is 154 g/mol. The van der Waals surface area contributed by atoms with E-state index in [1.807, 2.05) is 6.92 Å². The fourth-order valence-corrected chi connectivity index (χ4v) is 1.43. The maximum absolute atomic E-state index is 5.66. The Morgan fingerprint density at radius 2 is 2.17 bits per heavy atom.